The molecule has 0 amide bonds. The highest BCUT2D eigenvalue weighted by Crippen LogP contribution is 2.36. The smallest absolute Gasteiger partial charge is 0.310 e. The van der Waals surface area contributed by atoms with E-state index >= 15 is 0 Å². The van der Waals surface area contributed by atoms with Gasteiger partial charge in [0.25, 0.3) is 0 Å². The molecule has 1 atom stereocenters. The van der Waals surface area contributed by atoms with Gasteiger partial charge in [0.2, 0.25) is 0 Å². The predicted molar refractivity (Wildman–Crippen MR) is 130 cm³/mol. The van der Waals surface area contributed by atoms with Gasteiger partial charge in [0.05, 0.1) is 17.3 Å². The molecule has 2 heterocycles. The van der Waals surface area contributed by atoms with Gasteiger partial charge in [-0.15, -0.1) is 0 Å². The minimum absolute atomic E-state index is 0.0952. The van der Waals surface area contributed by atoms with E-state index in [0.717, 1.165) is 27.9 Å². The number of aliphatic hydroxyl groups is 1. The number of aromatic nitrogens is 2. The van der Waals surface area contributed by atoms with E-state index in [4.69, 9.17) is 10.2 Å². The van der Waals surface area contributed by atoms with Gasteiger partial charge in [0, 0.05) is 28.7 Å². The van der Waals surface area contributed by atoms with Crippen molar-refractivity contribution in [3.63, 3.8) is 0 Å². The molecule has 3 rings (SSSR count). The van der Waals surface area contributed by atoms with Crippen LogP contribution >= 0.6 is 0 Å². The van der Waals surface area contributed by atoms with Crippen molar-refractivity contribution in [1.29, 1.82) is 0 Å². The van der Waals surface area contributed by atoms with Crippen molar-refractivity contribution in [3.05, 3.63) is 65.1 Å². The summed E-state index contributed by atoms with van der Waals surface area (Å²) in [6.07, 6.45) is 1.15. The summed E-state index contributed by atoms with van der Waals surface area (Å²) in [4.78, 5) is 22.6. The van der Waals surface area contributed by atoms with Crippen molar-refractivity contribution in [2.24, 2.45) is 0 Å². The van der Waals surface area contributed by atoms with Crippen LogP contribution in [0.3, 0.4) is 0 Å². The highest BCUT2D eigenvalue weighted by molar-refractivity contribution is 5.95. The summed E-state index contributed by atoms with van der Waals surface area (Å²) in [5.74, 6) is -2.03. The van der Waals surface area contributed by atoms with Crippen molar-refractivity contribution in [3.8, 4) is 11.3 Å². The number of rotatable bonds is 8. The molecule has 1 aromatic carbocycles. The first-order valence-corrected chi connectivity index (χ1v) is 11.3. The van der Waals surface area contributed by atoms with Gasteiger partial charge in [0.15, 0.2) is 0 Å². The molecule has 2 aromatic heterocycles. The van der Waals surface area contributed by atoms with Crippen LogP contribution in [-0.4, -0.2) is 37.7 Å². The van der Waals surface area contributed by atoms with Crippen LogP contribution in [0, 0.1) is 5.82 Å². The molecule has 2 N–H and O–H groups in total. The number of fused-ring (bicyclic) bond motifs is 1. The largest absolute Gasteiger partial charge is 0.481 e. The van der Waals surface area contributed by atoms with Crippen molar-refractivity contribution in [2.45, 2.75) is 64.9 Å². The third-order valence-corrected chi connectivity index (χ3v) is 5.61. The van der Waals surface area contributed by atoms with E-state index in [1.165, 1.54) is 18.2 Å². The zero-order chi connectivity index (χ0) is 25.2. The van der Waals surface area contributed by atoms with Gasteiger partial charge in [-0.25, -0.2) is 8.91 Å². The molecular formula is C27H31FN2O4. The Morgan fingerprint density at radius 2 is 1.76 bits per heavy atom. The van der Waals surface area contributed by atoms with E-state index in [0.29, 0.717) is 5.69 Å². The third kappa shape index (κ3) is 5.59. The number of nitrogens with zero attached hydrogens (tertiary/aromatic N) is 2. The molecule has 0 aliphatic heterocycles. The number of carbonyl (C=O) groups excluding carboxylic acids is 1. The van der Waals surface area contributed by atoms with Crippen LogP contribution in [0.25, 0.3) is 22.9 Å². The van der Waals surface area contributed by atoms with E-state index in [1.807, 2.05) is 10.6 Å². The SMILES string of the molecule is CC(C)c1c(/C=C/C(O)CC(=O)CC(=O)O)c(-c2ccc(F)cc2)nn2c(C(C)(C)C)ccc12. The van der Waals surface area contributed by atoms with Gasteiger partial charge in [-0.05, 0) is 47.9 Å². The van der Waals surface area contributed by atoms with Crippen LogP contribution in [0.4, 0.5) is 4.39 Å². The second kappa shape index (κ2) is 9.89. The number of carboxylic acid groups (broad SMARTS) is 1. The summed E-state index contributed by atoms with van der Waals surface area (Å²) in [7, 11) is 0. The molecule has 34 heavy (non-hydrogen) atoms. The second-order valence-electron chi connectivity index (χ2n) is 9.84. The van der Waals surface area contributed by atoms with Crippen LogP contribution in [0.2, 0.25) is 0 Å². The van der Waals surface area contributed by atoms with Crippen molar-refractivity contribution in [1.82, 2.24) is 9.61 Å². The second-order valence-corrected chi connectivity index (χ2v) is 9.84. The molecule has 0 aliphatic rings. The summed E-state index contributed by atoms with van der Waals surface area (Å²) >= 11 is 0. The Morgan fingerprint density at radius 1 is 1.12 bits per heavy atom. The zero-order valence-electron chi connectivity index (χ0n) is 20.2. The Bertz CT molecular complexity index is 1230. The molecule has 0 aliphatic carbocycles. The first kappa shape index (κ1) is 25.3. The fourth-order valence-electron chi connectivity index (χ4n) is 4.07. The molecule has 0 bridgehead atoms. The van der Waals surface area contributed by atoms with Gasteiger partial charge in [-0.2, -0.15) is 5.10 Å². The van der Waals surface area contributed by atoms with Crippen LogP contribution in [0.15, 0.2) is 42.5 Å². The molecule has 180 valence electrons. The topological polar surface area (TPSA) is 91.9 Å². The first-order valence-electron chi connectivity index (χ1n) is 11.3. The number of Topliss-reactive ketones (excluding diaryl/α,β-unsaturated/α-hetero) is 1. The van der Waals surface area contributed by atoms with Crippen LogP contribution in [0.5, 0.6) is 0 Å². The van der Waals surface area contributed by atoms with Gasteiger partial charge >= 0.3 is 5.97 Å². The Balaban J connectivity index is 2.21. The average Bonchev–Trinajstić information content (AvgIpc) is 3.15. The highest BCUT2D eigenvalue weighted by atomic mass is 19.1. The van der Waals surface area contributed by atoms with E-state index in [-0.39, 0.29) is 23.6 Å². The fourth-order valence-corrected chi connectivity index (χ4v) is 4.07. The van der Waals surface area contributed by atoms with Gasteiger partial charge in [-0.3, -0.25) is 9.59 Å². The molecule has 0 saturated heterocycles. The molecule has 3 aromatic rings. The van der Waals surface area contributed by atoms with E-state index in [2.05, 4.69) is 40.7 Å². The third-order valence-electron chi connectivity index (χ3n) is 5.61. The Kier molecular flexibility index (Phi) is 7.36. The lowest BCUT2D eigenvalue weighted by Gasteiger charge is -2.22. The number of aliphatic carboxylic acids is 1. The van der Waals surface area contributed by atoms with Crippen LogP contribution in [0.1, 0.15) is 70.2 Å². The van der Waals surface area contributed by atoms with E-state index < -0.39 is 24.3 Å². The van der Waals surface area contributed by atoms with Crippen LogP contribution in [-0.2, 0) is 15.0 Å². The van der Waals surface area contributed by atoms with E-state index in [9.17, 15) is 19.1 Å². The maximum Gasteiger partial charge on any atom is 0.310 e. The van der Waals surface area contributed by atoms with Gasteiger partial charge in [-0.1, -0.05) is 46.8 Å². The molecule has 1 unspecified atom stereocenters. The van der Waals surface area contributed by atoms with Gasteiger partial charge in [0.1, 0.15) is 18.0 Å². The van der Waals surface area contributed by atoms with Gasteiger partial charge < -0.3 is 10.2 Å². The number of aliphatic hydroxyl groups excluding tert-OH is 1. The molecule has 0 radical (unpaired) electrons. The normalized spacial score (nSPS) is 13.2. The summed E-state index contributed by atoms with van der Waals surface area (Å²) in [5.41, 5.74) is 4.91. The Hall–Kier alpha value is -3.32. The maximum atomic E-state index is 13.7. The predicted octanol–water partition coefficient (Wildman–Crippen LogP) is 5.37. The lowest BCUT2D eigenvalue weighted by molar-refractivity contribution is -0.140. The quantitative estimate of drug-likeness (QED) is 0.436. The number of hydrogen-bond donors (Lipinski definition) is 2. The number of ketones is 1. The number of carbonyl (C=O) groups is 2. The van der Waals surface area contributed by atoms with Crippen molar-refractivity contribution >= 4 is 23.3 Å². The van der Waals surface area contributed by atoms with Crippen molar-refractivity contribution < 1.29 is 24.2 Å². The summed E-state index contributed by atoms with van der Waals surface area (Å²) in [5, 5.41) is 24.1. The molecule has 6 nitrogen and oxygen atoms in total. The molecule has 0 saturated carbocycles. The average molecular weight is 467 g/mol. The number of carboxylic acids is 1. The monoisotopic (exact) mass is 466 g/mol. The number of hydrogen-bond acceptors (Lipinski definition) is 4. The number of benzene rings is 1. The molecule has 0 fully saturated rings. The zero-order valence-corrected chi connectivity index (χ0v) is 20.2. The van der Waals surface area contributed by atoms with E-state index in [1.54, 1.807) is 18.2 Å². The van der Waals surface area contributed by atoms with Crippen LogP contribution < -0.4 is 0 Å². The minimum atomic E-state index is -1.22. The summed E-state index contributed by atoms with van der Waals surface area (Å²) in [6.45, 7) is 10.5. The Morgan fingerprint density at radius 3 is 2.32 bits per heavy atom. The molecule has 7 heteroatoms. The standard InChI is InChI=1S/C27H31FN2O4/c1-16(2)25-21(11-10-19(31)14-20(32)15-24(33)34)26(17-6-8-18(28)9-7-17)29-30-22(25)12-13-23(30)27(3,4)5/h6-13,16,19,31H,14-15H2,1-5H3,(H,33,34)/b11-10+. The lowest BCUT2D eigenvalue weighted by atomic mass is 9.92. The number of halogens is 1. The first-order chi connectivity index (χ1) is 15.9. The summed E-state index contributed by atoms with van der Waals surface area (Å²) < 4.78 is 15.6. The highest BCUT2D eigenvalue weighted by Gasteiger charge is 2.24. The minimum Gasteiger partial charge on any atom is -0.481 e. The fraction of sp³-hybridized carbons (Fsp3) is 0.370. The summed E-state index contributed by atoms with van der Waals surface area (Å²) in [6, 6.07) is 10.2. The lowest BCUT2D eigenvalue weighted by Crippen LogP contribution is -2.17. The maximum absolute atomic E-state index is 13.7. The molecular weight excluding hydrogens is 435 g/mol. The van der Waals surface area contributed by atoms with Crippen molar-refractivity contribution in [2.75, 3.05) is 0 Å². The molecule has 0 spiro atoms. The Labute approximate surface area is 198 Å².